The maximum Gasteiger partial charge on any atom is 0.222 e. The summed E-state index contributed by atoms with van der Waals surface area (Å²) in [7, 11) is 0. The molecule has 1 fully saturated rings. The zero-order valence-electron chi connectivity index (χ0n) is 16.2. The Morgan fingerprint density at radius 1 is 1.11 bits per heavy atom. The minimum Gasteiger partial charge on any atom is -0.357 e. The number of nitrogens with zero attached hydrogens (tertiary/aromatic N) is 2. The van der Waals surface area contributed by atoms with Gasteiger partial charge in [0.15, 0.2) is 5.96 Å². The highest BCUT2D eigenvalue weighted by Crippen LogP contribution is 2.17. The van der Waals surface area contributed by atoms with Crippen molar-refractivity contribution in [2.45, 2.75) is 39.4 Å². The molecule has 1 saturated heterocycles. The van der Waals surface area contributed by atoms with Crippen LogP contribution >= 0.6 is 0 Å². The summed E-state index contributed by atoms with van der Waals surface area (Å²) in [6.45, 7) is 5.34. The fourth-order valence-corrected chi connectivity index (χ4v) is 3.24. The Balaban J connectivity index is 1.63. The van der Waals surface area contributed by atoms with Crippen LogP contribution in [0.15, 0.2) is 53.5 Å². The molecule has 0 bridgehead atoms. The molecule has 5 nitrogen and oxygen atoms in total. The van der Waals surface area contributed by atoms with Crippen LogP contribution in [0.3, 0.4) is 0 Å². The molecule has 0 radical (unpaired) electrons. The molecule has 28 heavy (non-hydrogen) atoms. The van der Waals surface area contributed by atoms with Crippen LogP contribution in [0.5, 0.6) is 0 Å². The van der Waals surface area contributed by atoms with Crippen LogP contribution in [-0.4, -0.2) is 29.9 Å². The summed E-state index contributed by atoms with van der Waals surface area (Å²) in [5, 5.41) is 6.59. The third kappa shape index (κ3) is 5.55. The Hall–Kier alpha value is -2.89. The normalized spacial score (nSPS) is 14.4. The number of rotatable bonds is 7. The lowest BCUT2D eigenvalue weighted by molar-refractivity contribution is -0.128. The third-order valence-electron chi connectivity index (χ3n) is 4.77. The quantitative estimate of drug-likeness (QED) is 0.571. The van der Waals surface area contributed by atoms with Crippen molar-refractivity contribution >= 4 is 11.9 Å². The summed E-state index contributed by atoms with van der Waals surface area (Å²) in [4.78, 5) is 18.4. The van der Waals surface area contributed by atoms with E-state index in [1.807, 2.05) is 24.0 Å². The van der Waals surface area contributed by atoms with E-state index in [0.29, 0.717) is 32.0 Å². The van der Waals surface area contributed by atoms with Gasteiger partial charge in [-0.3, -0.25) is 4.79 Å². The number of amides is 1. The Morgan fingerprint density at radius 2 is 1.86 bits per heavy atom. The van der Waals surface area contributed by atoms with Gasteiger partial charge in [0.1, 0.15) is 5.82 Å². The number of hydrogen-bond acceptors (Lipinski definition) is 2. The first-order chi connectivity index (χ1) is 13.7. The fraction of sp³-hybridized carbons (Fsp3) is 0.364. The number of benzene rings is 2. The molecule has 3 rings (SSSR count). The lowest BCUT2D eigenvalue weighted by atomic mass is 10.1. The number of halogens is 1. The van der Waals surface area contributed by atoms with E-state index in [0.717, 1.165) is 36.2 Å². The molecule has 2 aromatic carbocycles. The number of guanidine groups is 1. The average Bonchev–Trinajstić information content (AvgIpc) is 3.11. The van der Waals surface area contributed by atoms with Gasteiger partial charge >= 0.3 is 0 Å². The van der Waals surface area contributed by atoms with Crippen LogP contribution in [0, 0.1) is 5.82 Å². The second-order valence-corrected chi connectivity index (χ2v) is 6.86. The Kier molecular flexibility index (Phi) is 7.00. The molecule has 6 heteroatoms. The smallest absolute Gasteiger partial charge is 0.222 e. The molecule has 0 atom stereocenters. The second-order valence-electron chi connectivity index (χ2n) is 6.86. The molecule has 0 unspecified atom stereocenters. The summed E-state index contributed by atoms with van der Waals surface area (Å²) in [5.74, 6) is 0.696. The van der Waals surface area contributed by atoms with E-state index in [-0.39, 0.29) is 11.7 Å². The van der Waals surface area contributed by atoms with Crippen molar-refractivity contribution in [3.05, 3.63) is 71.0 Å². The zero-order valence-corrected chi connectivity index (χ0v) is 16.2. The molecule has 2 aromatic rings. The van der Waals surface area contributed by atoms with Gasteiger partial charge in [-0.25, -0.2) is 9.38 Å². The molecule has 148 valence electrons. The van der Waals surface area contributed by atoms with Gasteiger partial charge in [-0.1, -0.05) is 36.4 Å². The van der Waals surface area contributed by atoms with E-state index in [1.165, 1.54) is 12.1 Å². The van der Waals surface area contributed by atoms with Crippen molar-refractivity contribution in [3.8, 4) is 0 Å². The molecule has 1 heterocycles. The maximum atomic E-state index is 13.0. The fourth-order valence-electron chi connectivity index (χ4n) is 3.24. The molecular weight excluding hydrogens is 355 g/mol. The predicted molar refractivity (Wildman–Crippen MR) is 109 cm³/mol. The van der Waals surface area contributed by atoms with E-state index >= 15 is 0 Å². The minimum absolute atomic E-state index is 0.233. The average molecular weight is 382 g/mol. The van der Waals surface area contributed by atoms with E-state index in [1.54, 1.807) is 12.1 Å². The second kappa shape index (κ2) is 9.88. The molecule has 1 aliphatic rings. The molecule has 1 amide bonds. The standard InChI is InChI=1S/C22H27FN4O/c1-2-24-22(25-14-17-9-11-20(23)12-10-17)26-15-18-6-3-4-7-19(18)16-27-13-5-8-21(27)28/h3-4,6-7,9-12H,2,5,8,13-16H2,1H3,(H2,24,25,26). The molecule has 0 saturated carbocycles. The summed E-state index contributed by atoms with van der Waals surface area (Å²) in [6.07, 6.45) is 1.60. The van der Waals surface area contributed by atoms with Gasteiger partial charge in [0.05, 0.1) is 6.54 Å². The van der Waals surface area contributed by atoms with Crippen molar-refractivity contribution < 1.29 is 9.18 Å². The highest BCUT2D eigenvalue weighted by molar-refractivity contribution is 5.80. The lowest BCUT2D eigenvalue weighted by Gasteiger charge is -2.19. The monoisotopic (exact) mass is 382 g/mol. The lowest BCUT2D eigenvalue weighted by Crippen LogP contribution is -2.37. The Bertz CT molecular complexity index is 820. The van der Waals surface area contributed by atoms with Gasteiger partial charge in [-0.05, 0) is 42.2 Å². The number of aliphatic imine (C=N–C) groups is 1. The predicted octanol–water partition coefficient (Wildman–Crippen LogP) is 3.20. The highest BCUT2D eigenvalue weighted by atomic mass is 19.1. The van der Waals surface area contributed by atoms with E-state index in [4.69, 9.17) is 0 Å². The van der Waals surface area contributed by atoms with Gasteiger partial charge < -0.3 is 15.5 Å². The summed E-state index contributed by atoms with van der Waals surface area (Å²) < 4.78 is 13.0. The van der Waals surface area contributed by atoms with E-state index in [9.17, 15) is 9.18 Å². The Labute approximate surface area is 165 Å². The van der Waals surface area contributed by atoms with Gasteiger partial charge in [-0.15, -0.1) is 0 Å². The summed E-state index contributed by atoms with van der Waals surface area (Å²) >= 11 is 0. The SMILES string of the molecule is CCNC(=NCc1ccc(F)cc1)NCc1ccccc1CN1CCCC1=O. The van der Waals surface area contributed by atoms with Crippen LogP contribution in [0.4, 0.5) is 4.39 Å². The van der Waals surface area contributed by atoms with Crippen LogP contribution in [-0.2, 0) is 24.4 Å². The van der Waals surface area contributed by atoms with Crippen molar-refractivity contribution in [2.24, 2.45) is 4.99 Å². The molecule has 0 spiro atoms. The van der Waals surface area contributed by atoms with Crippen LogP contribution in [0.2, 0.25) is 0 Å². The van der Waals surface area contributed by atoms with E-state index in [2.05, 4.69) is 27.8 Å². The van der Waals surface area contributed by atoms with Crippen molar-refractivity contribution in [1.82, 2.24) is 15.5 Å². The van der Waals surface area contributed by atoms with E-state index < -0.39 is 0 Å². The molecule has 2 N–H and O–H groups in total. The van der Waals surface area contributed by atoms with Crippen molar-refractivity contribution in [1.29, 1.82) is 0 Å². The molecule has 1 aliphatic heterocycles. The highest BCUT2D eigenvalue weighted by Gasteiger charge is 2.20. The Morgan fingerprint density at radius 3 is 2.54 bits per heavy atom. The first-order valence-electron chi connectivity index (χ1n) is 9.77. The number of carbonyl (C=O) groups excluding carboxylic acids is 1. The van der Waals surface area contributed by atoms with Crippen LogP contribution < -0.4 is 10.6 Å². The minimum atomic E-state index is -0.245. The van der Waals surface area contributed by atoms with Crippen molar-refractivity contribution in [2.75, 3.05) is 13.1 Å². The molecular formula is C22H27FN4O. The number of likely N-dealkylation sites (tertiary alicyclic amines) is 1. The topological polar surface area (TPSA) is 56.7 Å². The number of hydrogen-bond donors (Lipinski definition) is 2. The zero-order chi connectivity index (χ0) is 19.8. The molecule has 0 aliphatic carbocycles. The van der Waals surface area contributed by atoms with Gasteiger partial charge in [0, 0.05) is 32.6 Å². The first-order valence-corrected chi connectivity index (χ1v) is 9.77. The summed E-state index contributed by atoms with van der Waals surface area (Å²) in [5.41, 5.74) is 3.25. The van der Waals surface area contributed by atoms with Gasteiger partial charge in [0.2, 0.25) is 5.91 Å². The largest absolute Gasteiger partial charge is 0.357 e. The third-order valence-corrected chi connectivity index (χ3v) is 4.77. The van der Waals surface area contributed by atoms with Crippen LogP contribution in [0.1, 0.15) is 36.5 Å². The van der Waals surface area contributed by atoms with Gasteiger partial charge in [0.25, 0.3) is 0 Å². The first kappa shape index (κ1) is 19.9. The van der Waals surface area contributed by atoms with Crippen molar-refractivity contribution in [3.63, 3.8) is 0 Å². The number of nitrogens with one attached hydrogen (secondary N) is 2. The molecule has 0 aromatic heterocycles. The number of carbonyl (C=O) groups is 1. The summed E-state index contributed by atoms with van der Waals surface area (Å²) in [6, 6.07) is 14.5. The maximum absolute atomic E-state index is 13.0. The van der Waals surface area contributed by atoms with Crippen LogP contribution in [0.25, 0.3) is 0 Å². The van der Waals surface area contributed by atoms with Gasteiger partial charge in [-0.2, -0.15) is 0 Å².